The molecule has 1 N–H and O–H groups in total. The Labute approximate surface area is 111 Å². The summed E-state index contributed by atoms with van der Waals surface area (Å²) in [7, 11) is 0. The van der Waals surface area contributed by atoms with Crippen molar-refractivity contribution in [3.8, 4) is 0 Å². The van der Waals surface area contributed by atoms with E-state index in [2.05, 4.69) is 45.0 Å². The van der Waals surface area contributed by atoms with Crippen molar-refractivity contribution in [2.24, 2.45) is 11.3 Å². The molecule has 1 aliphatic carbocycles. The molecule has 0 fully saturated rings. The minimum atomic E-state index is -0.125. The van der Waals surface area contributed by atoms with Crippen molar-refractivity contribution in [1.82, 2.24) is 0 Å². The summed E-state index contributed by atoms with van der Waals surface area (Å²) >= 11 is 0. The largest absolute Gasteiger partial charge is 0.393 e. The van der Waals surface area contributed by atoms with Crippen molar-refractivity contribution >= 4 is 0 Å². The highest BCUT2D eigenvalue weighted by Gasteiger charge is 2.27. The summed E-state index contributed by atoms with van der Waals surface area (Å²) in [4.78, 5) is 0. The van der Waals surface area contributed by atoms with Gasteiger partial charge in [0.15, 0.2) is 0 Å². The van der Waals surface area contributed by atoms with Crippen LogP contribution in [0.2, 0.25) is 0 Å². The monoisotopic (exact) mass is 246 g/mol. The van der Waals surface area contributed by atoms with Crippen LogP contribution in [-0.4, -0.2) is 11.2 Å². The summed E-state index contributed by atoms with van der Waals surface area (Å²) < 4.78 is 0. The maximum atomic E-state index is 10.3. The maximum absolute atomic E-state index is 10.3. The molecule has 0 saturated carbocycles. The molecular weight excluding hydrogens is 220 g/mol. The quantitative estimate of drug-likeness (QED) is 0.852. The van der Waals surface area contributed by atoms with E-state index in [0.29, 0.717) is 11.3 Å². The summed E-state index contributed by atoms with van der Waals surface area (Å²) in [5.74, 6) is 0.447. The molecule has 0 aromatic heterocycles. The van der Waals surface area contributed by atoms with Crippen LogP contribution in [0.5, 0.6) is 0 Å². The van der Waals surface area contributed by atoms with Gasteiger partial charge in [-0.3, -0.25) is 0 Å². The van der Waals surface area contributed by atoms with Crippen molar-refractivity contribution in [2.45, 2.75) is 59.0 Å². The van der Waals surface area contributed by atoms with Gasteiger partial charge in [0.25, 0.3) is 0 Å². The predicted molar refractivity (Wildman–Crippen MR) is 76.7 cm³/mol. The molecular formula is C17H26O. The summed E-state index contributed by atoms with van der Waals surface area (Å²) in [6.45, 7) is 6.81. The van der Waals surface area contributed by atoms with Gasteiger partial charge in [-0.25, -0.2) is 0 Å². The zero-order chi connectivity index (χ0) is 13.2. The number of hydrogen-bond donors (Lipinski definition) is 1. The fourth-order valence-corrected chi connectivity index (χ4v) is 2.94. The molecule has 1 aromatic carbocycles. The van der Waals surface area contributed by atoms with Gasteiger partial charge in [-0.15, -0.1) is 0 Å². The summed E-state index contributed by atoms with van der Waals surface area (Å²) in [6, 6.07) is 8.62. The van der Waals surface area contributed by atoms with E-state index in [1.807, 2.05) is 0 Å². The van der Waals surface area contributed by atoms with Crippen LogP contribution in [0.3, 0.4) is 0 Å². The van der Waals surface area contributed by atoms with Crippen LogP contribution in [0.25, 0.3) is 0 Å². The van der Waals surface area contributed by atoms with E-state index in [0.717, 1.165) is 25.7 Å². The van der Waals surface area contributed by atoms with E-state index in [1.54, 1.807) is 0 Å². The number of benzene rings is 1. The number of fused-ring (bicyclic) bond motifs is 1. The van der Waals surface area contributed by atoms with Gasteiger partial charge in [0, 0.05) is 0 Å². The molecule has 0 heterocycles. The van der Waals surface area contributed by atoms with Crippen LogP contribution < -0.4 is 0 Å². The van der Waals surface area contributed by atoms with Gasteiger partial charge in [0.05, 0.1) is 6.10 Å². The average molecular weight is 246 g/mol. The number of hydrogen-bond acceptors (Lipinski definition) is 1. The molecule has 0 bridgehead atoms. The molecule has 1 aromatic rings. The highest BCUT2D eigenvalue weighted by molar-refractivity contribution is 5.32. The summed E-state index contributed by atoms with van der Waals surface area (Å²) in [5, 5.41) is 10.3. The second-order valence-electron chi connectivity index (χ2n) is 6.96. The third-order valence-corrected chi connectivity index (χ3v) is 4.05. The Morgan fingerprint density at radius 3 is 2.22 bits per heavy atom. The minimum absolute atomic E-state index is 0.125. The minimum Gasteiger partial charge on any atom is -0.393 e. The Kier molecular flexibility index (Phi) is 4.11. The lowest BCUT2D eigenvalue weighted by atomic mass is 9.87. The SMILES string of the molecule is CC(C)(C)CCCC(O)C1Cc2ccccc2C1. The van der Waals surface area contributed by atoms with Crippen LogP contribution in [0.4, 0.5) is 0 Å². The molecule has 2 rings (SSSR count). The lowest BCUT2D eigenvalue weighted by Gasteiger charge is -2.21. The molecule has 1 nitrogen and oxygen atoms in total. The second kappa shape index (κ2) is 5.44. The first-order valence-corrected chi connectivity index (χ1v) is 7.20. The Morgan fingerprint density at radius 1 is 1.17 bits per heavy atom. The third kappa shape index (κ3) is 3.58. The number of rotatable bonds is 4. The standard InChI is InChI=1S/C17H26O/c1-17(2,3)10-6-9-16(18)15-11-13-7-4-5-8-14(13)12-15/h4-5,7-8,15-16,18H,6,9-12H2,1-3H3. The van der Waals surface area contributed by atoms with E-state index < -0.39 is 0 Å². The molecule has 0 spiro atoms. The van der Waals surface area contributed by atoms with Crippen LogP contribution >= 0.6 is 0 Å². The van der Waals surface area contributed by atoms with Crippen LogP contribution in [0.15, 0.2) is 24.3 Å². The molecule has 1 heteroatoms. The molecule has 0 radical (unpaired) electrons. The molecule has 1 aliphatic rings. The Balaban J connectivity index is 1.81. The smallest absolute Gasteiger partial charge is 0.0574 e. The Bertz CT molecular complexity index is 364. The van der Waals surface area contributed by atoms with Crippen molar-refractivity contribution < 1.29 is 5.11 Å². The Hall–Kier alpha value is -0.820. The van der Waals surface area contributed by atoms with Gasteiger partial charge in [-0.05, 0) is 48.1 Å². The molecule has 1 unspecified atom stereocenters. The number of aliphatic hydroxyl groups is 1. The maximum Gasteiger partial charge on any atom is 0.0574 e. The molecule has 0 amide bonds. The first kappa shape index (κ1) is 13.6. The van der Waals surface area contributed by atoms with E-state index in [9.17, 15) is 5.11 Å². The lowest BCUT2D eigenvalue weighted by Crippen LogP contribution is -2.21. The van der Waals surface area contributed by atoms with Crippen molar-refractivity contribution in [3.05, 3.63) is 35.4 Å². The van der Waals surface area contributed by atoms with E-state index in [1.165, 1.54) is 17.5 Å². The number of aliphatic hydroxyl groups excluding tert-OH is 1. The zero-order valence-corrected chi connectivity index (χ0v) is 11.9. The lowest BCUT2D eigenvalue weighted by molar-refractivity contribution is 0.0975. The molecule has 0 saturated heterocycles. The van der Waals surface area contributed by atoms with Gasteiger partial charge in [-0.1, -0.05) is 51.5 Å². The zero-order valence-electron chi connectivity index (χ0n) is 11.9. The van der Waals surface area contributed by atoms with E-state index in [-0.39, 0.29) is 6.10 Å². The van der Waals surface area contributed by atoms with Crippen molar-refractivity contribution in [2.75, 3.05) is 0 Å². The van der Waals surface area contributed by atoms with E-state index in [4.69, 9.17) is 0 Å². The molecule has 1 atom stereocenters. The third-order valence-electron chi connectivity index (χ3n) is 4.05. The fourth-order valence-electron chi connectivity index (χ4n) is 2.94. The normalized spacial score (nSPS) is 17.8. The average Bonchev–Trinajstić information content (AvgIpc) is 2.70. The van der Waals surface area contributed by atoms with Gasteiger partial charge < -0.3 is 5.11 Å². The molecule has 18 heavy (non-hydrogen) atoms. The van der Waals surface area contributed by atoms with Gasteiger partial charge in [-0.2, -0.15) is 0 Å². The first-order valence-electron chi connectivity index (χ1n) is 7.20. The summed E-state index contributed by atoms with van der Waals surface area (Å²) in [6.07, 6.45) is 5.29. The highest BCUT2D eigenvalue weighted by Crippen LogP contribution is 2.31. The van der Waals surface area contributed by atoms with Crippen LogP contribution in [0, 0.1) is 11.3 Å². The van der Waals surface area contributed by atoms with Gasteiger partial charge >= 0.3 is 0 Å². The predicted octanol–water partition coefficient (Wildman–Crippen LogP) is 3.98. The first-order chi connectivity index (χ1) is 8.46. The van der Waals surface area contributed by atoms with Crippen LogP contribution in [0.1, 0.15) is 51.2 Å². The molecule has 0 aliphatic heterocycles. The summed E-state index contributed by atoms with van der Waals surface area (Å²) in [5.41, 5.74) is 3.27. The second-order valence-corrected chi connectivity index (χ2v) is 6.96. The van der Waals surface area contributed by atoms with Gasteiger partial charge in [0.1, 0.15) is 0 Å². The van der Waals surface area contributed by atoms with Gasteiger partial charge in [0.2, 0.25) is 0 Å². The Morgan fingerprint density at radius 2 is 1.72 bits per heavy atom. The highest BCUT2D eigenvalue weighted by atomic mass is 16.3. The molecule has 100 valence electrons. The van der Waals surface area contributed by atoms with E-state index >= 15 is 0 Å². The fraction of sp³-hybridized carbons (Fsp3) is 0.647. The van der Waals surface area contributed by atoms with Crippen molar-refractivity contribution in [1.29, 1.82) is 0 Å². The van der Waals surface area contributed by atoms with Crippen LogP contribution in [-0.2, 0) is 12.8 Å². The van der Waals surface area contributed by atoms with Crippen molar-refractivity contribution in [3.63, 3.8) is 0 Å². The topological polar surface area (TPSA) is 20.2 Å².